The van der Waals surface area contributed by atoms with Gasteiger partial charge in [0.05, 0.1) is 11.9 Å². The van der Waals surface area contributed by atoms with Crippen LogP contribution in [0.3, 0.4) is 0 Å². The van der Waals surface area contributed by atoms with Crippen LogP contribution in [0.2, 0.25) is 0 Å². The molecule has 1 aromatic rings. The lowest BCUT2D eigenvalue weighted by molar-refractivity contribution is 0.0777. The zero-order chi connectivity index (χ0) is 12.4. The highest BCUT2D eigenvalue weighted by Crippen LogP contribution is 2.15. The van der Waals surface area contributed by atoms with E-state index in [1.807, 2.05) is 19.0 Å². The predicted octanol–water partition coefficient (Wildman–Crippen LogP) is 0.440. The van der Waals surface area contributed by atoms with E-state index in [9.17, 15) is 4.79 Å². The minimum absolute atomic E-state index is 0.00523. The van der Waals surface area contributed by atoms with Gasteiger partial charge in [0.2, 0.25) is 0 Å². The number of likely N-dealkylation sites (tertiary alicyclic amines) is 1. The van der Waals surface area contributed by atoms with Gasteiger partial charge in [-0.1, -0.05) is 0 Å². The summed E-state index contributed by atoms with van der Waals surface area (Å²) in [5, 5.41) is 0. The van der Waals surface area contributed by atoms with Crippen molar-refractivity contribution in [2.75, 3.05) is 32.9 Å². The molecule has 0 aliphatic carbocycles. The summed E-state index contributed by atoms with van der Waals surface area (Å²) >= 11 is 0. The molecule has 1 aliphatic heterocycles. The van der Waals surface area contributed by atoms with Gasteiger partial charge in [0.1, 0.15) is 5.69 Å². The quantitative estimate of drug-likeness (QED) is 0.806. The number of nitrogen functional groups attached to an aromatic ring is 1. The molecule has 1 saturated heterocycles. The summed E-state index contributed by atoms with van der Waals surface area (Å²) in [4.78, 5) is 20.2. The van der Waals surface area contributed by atoms with E-state index in [-0.39, 0.29) is 5.91 Å². The predicted molar refractivity (Wildman–Crippen MR) is 66.6 cm³/mol. The third-order valence-electron chi connectivity index (χ3n) is 3.19. The Balaban J connectivity index is 2.04. The lowest BCUT2D eigenvalue weighted by Crippen LogP contribution is -2.34. The molecule has 0 saturated carbocycles. The highest BCUT2D eigenvalue weighted by atomic mass is 16.2. The second-order valence-corrected chi connectivity index (χ2v) is 4.63. The molecular weight excluding hydrogens is 216 g/mol. The van der Waals surface area contributed by atoms with Crippen LogP contribution in [-0.4, -0.2) is 53.9 Å². The lowest BCUT2D eigenvalue weighted by Gasteiger charge is -2.20. The van der Waals surface area contributed by atoms with Gasteiger partial charge in [-0.15, -0.1) is 0 Å². The topological polar surface area (TPSA) is 62.5 Å². The Hall–Kier alpha value is -1.62. The molecule has 5 heteroatoms. The SMILES string of the molecule is CN(C)C1CCN(C(=O)c2ccc(N)cn2)C1. The van der Waals surface area contributed by atoms with Gasteiger partial charge < -0.3 is 15.5 Å². The second-order valence-electron chi connectivity index (χ2n) is 4.63. The first-order chi connectivity index (χ1) is 8.08. The first kappa shape index (κ1) is 11.9. The van der Waals surface area contributed by atoms with Crippen molar-refractivity contribution in [2.24, 2.45) is 0 Å². The standard InChI is InChI=1S/C12H18N4O/c1-15(2)10-5-6-16(8-10)12(17)11-4-3-9(13)7-14-11/h3-4,7,10H,5-6,8,13H2,1-2H3. The van der Waals surface area contributed by atoms with Crippen LogP contribution in [0.4, 0.5) is 5.69 Å². The Labute approximate surface area is 101 Å². The second kappa shape index (κ2) is 4.71. The van der Waals surface area contributed by atoms with E-state index >= 15 is 0 Å². The zero-order valence-electron chi connectivity index (χ0n) is 10.3. The molecule has 0 spiro atoms. The van der Waals surface area contributed by atoms with Crippen molar-refractivity contribution in [1.29, 1.82) is 0 Å². The number of amides is 1. The van der Waals surface area contributed by atoms with Crippen LogP contribution in [0.25, 0.3) is 0 Å². The lowest BCUT2D eigenvalue weighted by atomic mass is 10.2. The molecular formula is C12H18N4O. The van der Waals surface area contributed by atoms with Crippen molar-refractivity contribution >= 4 is 11.6 Å². The Morgan fingerprint density at radius 3 is 2.82 bits per heavy atom. The monoisotopic (exact) mass is 234 g/mol. The highest BCUT2D eigenvalue weighted by molar-refractivity contribution is 5.92. The van der Waals surface area contributed by atoms with Gasteiger partial charge >= 0.3 is 0 Å². The van der Waals surface area contributed by atoms with Crippen LogP contribution in [0.15, 0.2) is 18.3 Å². The zero-order valence-corrected chi connectivity index (χ0v) is 10.3. The summed E-state index contributed by atoms with van der Waals surface area (Å²) in [6.07, 6.45) is 2.54. The highest BCUT2D eigenvalue weighted by Gasteiger charge is 2.28. The Kier molecular flexibility index (Phi) is 3.28. The number of nitrogens with two attached hydrogens (primary N) is 1. The maximum Gasteiger partial charge on any atom is 0.272 e. The number of pyridine rings is 1. The van der Waals surface area contributed by atoms with Crippen molar-refractivity contribution in [3.05, 3.63) is 24.0 Å². The average molecular weight is 234 g/mol. The molecule has 17 heavy (non-hydrogen) atoms. The van der Waals surface area contributed by atoms with E-state index in [1.54, 1.807) is 12.1 Å². The van der Waals surface area contributed by atoms with Crippen molar-refractivity contribution in [2.45, 2.75) is 12.5 Å². The van der Waals surface area contributed by atoms with E-state index in [1.165, 1.54) is 6.20 Å². The van der Waals surface area contributed by atoms with Gasteiger partial charge in [0.25, 0.3) is 5.91 Å². The molecule has 1 amide bonds. The fraction of sp³-hybridized carbons (Fsp3) is 0.500. The van der Waals surface area contributed by atoms with E-state index in [0.29, 0.717) is 17.4 Å². The first-order valence-corrected chi connectivity index (χ1v) is 5.75. The third kappa shape index (κ3) is 2.55. The fourth-order valence-corrected chi connectivity index (χ4v) is 2.04. The number of aromatic nitrogens is 1. The summed E-state index contributed by atoms with van der Waals surface area (Å²) in [6.45, 7) is 1.58. The van der Waals surface area contributed by atoms with Crippen LogP contribution in [-0.2, 0) is 0 Å². The molecule has 1 aliphatic rings. The molecule has 1 unspecified atom stereocenters. The fourth-order valence-electron chi connectivity index (χ4n) is 2.04. The Morgan fingerprint density at radius 2 is 2.29 bits per heavy atom. The molecule has 2 rings (SSSR count). The minimum Gasteiger partial charge on any atom is -0.397 e. The van der Waals surface area contributed by atoms with Crippen molar-refractivity contribution in [1.82, 2.24) is 14.8 Å². The third-order valence-corrected chi connectivity index (χ3v) is 3.19. The van der Waals surface area contributed by atoms with Crippen LogP contribution >= 0.6 is 0 Å². The van der Waals surface area contributed by atoms with Crippen LogP contribution in [0, 0.1) is 0 Å². The number of anilines is 1. The molecule has 5 nitrogen and oxygen atoms in total. The molecule has 0 aromatic carbocycles. The molecule has 0 bridgehead atoms. The van der Waals surface area contributed by atoms with Crippen molar-refractivity contribution in [3.63, 3.8) is 0 Å². The molecule has 0 radical (unpaired) electrons. The van der Waals surface area contributed by atoms with Crippen molar-refractivity contribution in [3.8, 4) is 0 Å². The Morgan fingerprint density at radius 1 is 1.53 bits per heavy atom. The number of rotatable bonds is 2. The smallest absolute Gasteiger partial charge is 0.272 e. The minimum atomic E-state index is -0.00523. The van der Waals surface area contributed by atoms with Crippen LogP contribution < -0.4 is 5.73 Å². The molecule has 92 valence electrons. The molecule has 2 N–H and O–H groups in total. The maximum absolute atomic E-state index is 12.1. The van der Waals surface area contributed by atoms with Gasteiger partial charge in [0.15, 0.2) is 0 Å². The summed E-state index contributed by atoms with van der Waals surface area (Å²) < 4.78 is 0. The number of carbonyl (C=O) groups excluding carboxylic acids is 1. The Bertz CT molecular complexity index is 401. The number of hydrogen-bond donors (Lipinski definition) is 1. The number of carbonyl (C=O) groups is 1. The van der Waals surface area contributed by atoms with E-state index in [0.717, 1.165) is 19.5 Å². The number of hydrogen-bond acceptors (Lipinski definition) is 4. The van der Waals surface area contributed by atoms with Crippen LogP contribution in [0.1, 0.15) is 16.9 Å². The molecule has 1 aromatic heterocycles. The number of likely N-dealkylation sites (N-methyl/N-ethyl adjacent to an activating group) is 1. The number of nitrogens with zero attached hydrogens (tertiary/aromatic N) is 3. The normalized spacial score (nSPS) is 19.9. The van der Waals surface area contributed by atoms with E-state index in [2.05, 4.69) is 9.88 Å². The summed E-state index contributed by atoms with van der Waals surface area (Å²) in [6, 6.07) is 3.84. The molecule has 2 heterocycles. The van der Waals surface area contributed by atoms with E-state index < -0.39 is 0 Å². The average Bonchev–Trinajstić information content (AvgIpc) is 2.78. The van der Waals surface area contributed by atoms with Gasteiger partial charge in [-0.3, -0.25) is 4.79 Å². The van der Waals surface area contributed by atoms with Gasteiger partial charge in [0, 0.05) is 19.1 Å². The summed E-state index contributed by atoms with van der Waals surface area (Å²) in [5.74, 6) is -0.00523. The summed E-state index contributed by atoms with van der Waals surface area (Å²) in [7, 11) is 4.08. The van der Waals surface area contributed by atoms with Crippen LogP contribution in [0.5, 0.6) is 0 Å². The van der Waals surface area contributed by atoms with Gasteiger partial charge in [-0.05, 0) is 32.6 Å². The largest absolute Gasteiger partial charge is 0.397 e. The maximum atomic E-state index is 12.1. The first-order valence-electron chi connectivity index (χ1n) is 5.75. The molecule has 1 fully saturated rings. The van der Waals surface area contributed by atoms with E-state index in [4.69, 9.17) is 5.73 Å². The van der Waals surface area contributed by atoms with Crippen molar-refractivity contribution < 1.29 is 4.79 Å². The molecule has 1 atom stereocenters. The summed E-state index contributed by atoms with van der Waals surface area (Å²) in [5.41, 5.74) is 6.60. The van der Waals surface area contributed by atoms with Gasteiger partial charge in [-0.2, -0.15) is 0 Å². The van der Waals surface area contributed by atoms with Gasteiger partial charge in [-0.25, -0.2) is 4.98 Å².